The van der Waals surface area contributed by atoms with E-state index in [0.29, 0.717) is 12.8 Å². The molecule has 1 aromatic rings. The summed E-state index contributed by atoms with van der Waals surface area (Å²) in [5.74, 6) is 2.75. The summed E-state index contributed by atoms with van der Waals surface area (Å²) >= 11 is 0. The predicted octanol–water partition coefficient (Wildman–Crippen LogP) is 1.91. The van der Waals surface area contributed by atoms with Crippen LogP contribution in [0.3, 0.4) is 0 Å². The third-order valence-corrected chi connectivity index (χ3v) is 4.26. The summed E-state index contributed by atoms with van der Waals surface area (Å²) in [5, 5.41) is 8.68. The van der Waals surface area contributed by atoms with Crippen LogP contribution >= 0.6 is 0 Å². The number of benzene rings is 1. The van der Waals surface area contributed by atoms with E-state index >= 15 is 0 Å². The highest BCUT2D eigenvalue weighted by Gasteiger charge is 2.20. The molecule has 1 N–H and O–H groups in total. The van der Waals surface area contributed by atoms with Crippen molar-refractivity contribution in [2.45, 2.75) is 24.7 Å². The fraction of sp³-hybridized carbons (Fsp3) is 0.333. The molecule has 0 bridgehead atoms. The lowest BCUT2D eigenvalue weighted by Crippen LogP contribution is -2.26. The number of sulfonamides is 1. The molecule has 0 aliphatic rings. The number of aryl methyl sites for hydroxylation is 1. The zero-order valence-electron chi connectivity index (χ0n) is 11.5. The Morgan fingerprint density at radius 3 is 2.55 bits per heavy atom. The molecule has 0 saturated heterocycles. The average molecular weight is 293 g/mol. The zero-order valence-corrected chi connectivity index (χ0v) is 12.4. The van der Waals surface area contributed by atoms with Gasteiger partial charge in [-0.1, -0.05) is 29.7 Å². The maximum absolute atomic E-state index is 12.4. The smallest absolute Gasteiger partial charge is 0.271 e. The Hall–Kier alpha value is -1.77. The van der Waals surface area contributed by atoms with E-state index in [1.807, 2.05) is 6.92 Å². The number of aliphatic hydroxyl groups excluding tert-OH is 1. The second kappa shape index (κ2) is 7.73. The third kappa shape index (κ3) is 4.41. The Balaban J connectivity index is 3.01. The third-order valence-electron chi connectivity index (χ3n) is 2.57. The van der Waals surface area contributed by atoms with E-state index in [1.54, 1.807) is 24.3 Å². The highest BCUT2D eigenvalue weighted by Crippen LogP contribution is 2.15. The van der Waals surface area contributed by atoms with E-state index in [1.165, 1.54) is 6.08 Å². The van der Waals surface area contributed by atoms with Gasteiger partial charge in [0.25, 0.3) is 10.0 Å². The van der Waals surface area contributed by atoms with Crippen LogP contribution in [0.25, 0.3) is 0 Å². The Morgan fingerprint density at radius 2 is 2.00 bits per heavy atom. The second-order valence-electron chi connectivity index (χ2n) is 4.25. The highest BCUT2D eigenvalue weighted by atomic mass is 32.2. The molecule has 0 spiro atoms. The van der Waals surface area contributed by atoms with Crippen molar-refractivity contribution < 1.29 is 13.5 Å². The Labute approximate surface area is 120 Å². The standard InChI is InChI=1S/C15H19NO3S/c1-3-11-16(12-5-4-6-13-17)20(18,19)15-9-7-14(2)8-10-15/h3,7-10,17H,1,4,6,11,13H2,2H3. The number of unbranched alkanes of at least 4 members (excludes halogenated alkanes) is 1. The molecular weight excluding hydrogens is 274 g/mol. The Bertz CT molecular complexity index is 594. The minimum atomic E-state index is -3.64. The van der Waals surface area contributed by atoms with Crippen LogP contribution in [0.2, 0.25) is 0 Å². The van der Waals surface area contributed by atoms with Gasteiger partial charge in [-0.25, -0.2) is 12.7 Å². The van der Waals surface area contributed by atoms with Crippen LogP contribution < -0.4 is 0 Å². The van der Waals surface area contributed by atoms with Gasteiger partial charge in [-0.05, 0) is 25.5 Å². The first-order chi connectivity index (χ1) is 9.52. The highest BCUT2D eigenvalue weighted by molar-refractivity contribution is 7.89. The largest absolute Gasteiger partial charge is 0.396 e. The minimum absolute atomic E-state index is 0.0425. The van der Waals surface area contributed by atoms with Crippen molar-refractivity contribution in [1.29, 1.82) is 0 Å². The first-order valence-corrected chi connectivity index (χ1v) is 7.76. The molecule has 1 aromatic carbocycles. The molecule has 108 valence electrons. The quantitative estimate of drug-likeness (QED) is 0.377. The molecule has 0 atom stereocenters. The van der Waals surface area contributed by atoms with Crippen LogP contribution in [0.5, 0.6) is 0 Å². The summed E-state index contributed by atoms with van der Waals surface area (Å²) in [6, 6.07) is 9.25. The van der Waals surface area contributed by atoms with Crippen molar-refractivity contribution in [3.63, 3.8) is 0 Å². The molecule has 0 aliphatic carbocycles. The van der Waals surface area contributed by atoms with Crippen molar-refractivity contribution >= 4 is 10.0 Å². The van der Waals surface area contributed by atoms with Crippen molar-refractivity contribution in [2.24, 2.45) is 0 Å². The minimum Gasteiger partial charge on any atom is -0.396 e. The zero-order chi connectivity index (χ0) is 15.0. The van der Waals surface area contributed by atoms with Crippen molar-refractivity contribution in [2.75, 3.05) is 13.2 Å². The average Bonchev–Trinajstić information content (AvgIpc) is 2.42. The van der Waals surface area contributed by atoms with Gasteiger partial charge < -0.3 is 5.11 Å². The summed E-state index contributed by atoms with van der Waals surface area (Å²) in [6.45, 7) is 5.62. The molecule has 0 unspecified atom stereocenters. The van der Waals surface area contributed by atoms with E-state index in [0.717, 1.165) is 9.87 Å². The molecule has 0 amide bonds. The molecule has 0 aromatic heterocycles. The fourth-order valence-corrected chi connectivity index (χ4v) is 2.69. The van der Waals surface area contributed by atoms with Gasteiger partial charge in [0, 0.05) is 19.1 Å². The number of aliphatic hydroxyl groups is 1. The van der Waals surface area contributed by atoms with Crippen LogP contribution in [0, 0.1) is 18.9 Å². The van der Waals surface area contributed by atoms with Crippen LogP contribution in [-0.4, -0.2) is 31.0 Å². The van der Waals surface area contributed by atoms with Gasteiger partial charge in [0.15, 0.2) is 0 Å². The molecule has 20 heavy (non-hydrogen) atoms. The van der Waals surface area contributed by atoms with Crippen molar-refractivity contribution in [3.05, 3.63) is 42.5 Å². The van der Waals surface area contributed by atoms with Gasteiger partial charge in [0.2, 0.25) is 0 Å². The van der Waals surface area contributed by atoms with Crippen molar-refractivity contribution in [3.8, 4) is 12.0 Å². The molecule has 5 heteroatoms. The normalized spacial score (nSPS) is 10.5. The lowest BCUT2D eigenvalue weighted by molar-refractivity contribution is 0.290. The van der Waals surface area contributed by atoms with Gasteiger partial charge in [-0.3, -0.25) is 0 Å². The maximum Gasteiger partial charge on any atom is 0.271 e. The summed E-state index contributed by atoms with van der Waals surface area (Å²) in [6.07, 6.45) is 2.47. The second-order valence-corrected chi connectivity index (χ2v) is 6.12. The maximum atomic E-state index is 12.4. The van der Waals surface area contributed by atoms with Gasteiger partial charge in [0.05, 0.1) is 11.4 Å². The molecule has 0 fully saturated rings. The van der Waals surface area contributed by atoms with Crippen LogP contribution in [-0.2, 0) is 10.0 Å². The monoisotopic (exact) mass is 293 g/mol. The first kappa shape index (κ1) is 16.3. The molecule has 1 rings (SSSR count). The summed E-state index contributed by atoms with van der Waals surface area (Å²) < 4.78 is 25.9. The van der Waals surface area contributed by atoms with E-state index < -0.39 is 10.0 Å². The van der Waals surface area contributed by atoms with Gasteiger partial charge >= 0.3 is 0 Å². The number of rotatable bonds is 6. The number of nitrogens with zero attached hydrogens (tertiary/aromatic N) is 1. The van der Waals surface area contributed by atoms with Gasteiger partial charge in [0.1, 0.15) is 0 Å². The van der Waals surface area contributed by atoms with Gasteiger partial charge in [-0.2, -0.15) is 0 Å². The lowest BCUT2D eigenvalue weighted by atomic mass is 10.2. The summed E-state index contributed by atoms with van der Waals surface area (Å²) in [4.78, 5) is 0.210. The summed E-state index contributed by atoms with van der Waals surface area (Å²) in [7, 11) is -3.64. The number of hydrogen-bond acceptors (Lipinski definition) is 3. The van der Waals surface area contributed by atoms with E-state index in [-0.39, 0.29) is 18.0 Å². The molecule has 0 heterocycles. The molecule has 0 radical (unpaired) electrons. The van der Waals surface area contributed by atoms with Crippen LogP contribution in [0.4, 0.5) is 0 Å². The summed E-state index contributed by atoms with van der Waals surface area (Å²) in [5.41, 5.74) is 0.994. The van der Waals surface area contributed by atoms with Crippen LogP contribution in [0.1, 0.15) is 18.4 Å². The van der Waals surface area contributed by atoms with Crippen molar-refractivity contribution in [1.82, 2.24) is 4.31 Å². The SMILES string of the molecule is C=CCN(C#CCCCO)S(=O)(=O)c1ccc(C)cc1. The topological polar surface area (TPSA) is 57.6 Å². The number of hydrogen-bond donors (Lipinski definition) is 1. The predicted molar refractivity (Wildman–Crippen MR) is 79.4 cm³/mol. The van der Waals surface area contributed by atoms with Gasteiger partial charge in [-0.15, -0.1) is 6.58 Å². The fourth-order valence-electron chi connectivity index (χ4n) is 1.47. The van der Waals surface area contributed by atoms with E-state index in [2.05, 4.69) is 18.5 Å². The lowest BCUT2D eigenvalue weighted by Gasteiger charge is -2.16. The Kier molecular flexibility index (Phi) is 6.29. The van der Waals surface area contributed by atoms with Crippen LogP contribution in [0.15, 0.2) is 41.8 Å². The van der Waals surface area contributed by atoms with E-state index in [9.17, 15) is 8.42 Å². The Morgan fingerprint density at radius 1 is 1.35 bits per heavy atom. The molecular formula is C15H19NO3S. The molecule has 0 saturated carbocycles. The first-order valence-electron chi connectivity index (χ1n) is 6.32. The van der Waals surface area contributed by atoms with E-state index in [4.69, 9.17) is 5.11 Å². The molecule has 0 aliphatic heterocycles. The molecule has 4 nitrogen and oxygen atoms in total.